The van der Waals surface area contributed by atoms with Crippen molar-refractivity contribution < 1.29 is 19.1 Å². The molecule has 0 unspecified atom stereocenters. The Labute approximate surface area is 303 Å². The van der Waals surface area contributed by atoms with E-state index in [1.807, 2.05) is 47.7 Å². The molecular weight excluding hydrogens is 652 g/mol. The van der Waals surface area contributed by atoms with Crippen LogP contribution in [0.3, 0.4) is 0 Å². The molecule has 0 saturated carbocycles. The van der Waals surface area contributed by atoms with Crippen LogP contribution in [0.4, 0.5) is 9.59 Å². The zero-order chi connectivity index (χ0) is 36.4. The van der Waals surface area contributed by atoms with Crippen molar-refractivity contribution in [1.29, 1.82) is 0 Å². The van der Waals surface area contributed by atoms with Crippen molar-refractivity contribution in [3.63, 3.8) is 0 Å². The molecule has 10 heteroatoms. The first-order valence-electron chi connectivity index (χ1n) is 18.3. The number of hydrogen-bond donors (Lipinski definition) is 2. The van der Waals surface area contributed by atoms with Crippen LogP contribution >= 0.6 is 0 Å². The molecule has 2 aliphatic rings. The zero-order valence-electron chi connectivity index (χ0n) is 30.7. The Morgan fingerprint density at radius 1 is 0.673 bits per heavy atom. The van der Waals surface area contributed by atoms with Gasteiger partial charge in [0.05, 0.1) is 35.0 Å². The third-order valence-corrected chi connectivity index (χ3v) is 9.96. The lowest BCUT2D eigenvalue weighted by atomic mass is 9.97. The zero-order valence-corrected chi connectivity index (χ0v) is 30.7. The Bertz CT molecular complexity index is 2330. The minimum absolute atomic E-state index is 0.123. The number of imidazole rings is 2. The van der Waals surface area contributed by atoms with Crippen molar-refractivity contribution in [2.45, 2.75) is 90.5 Å². The quantitative estimate of drug-likeness (QED) is 0.189. The van der Waals surface area contributed by atoms with Gasteiger partial charge in [-0.15, -0.1) is 0 Å². The van der Waals surface area contributed by atoms with E-state index in [9.17, 15) is 9.59 Å². The molecule has 2 aliphatic heterocycles. The molecule has 0 bridgehead atoms. The highest BCUT2D eigenvalue weighted by Crippen LogP contribution is 2.37. The number of likely N-dealkylation sites (tertiary alicyclic amines) is 2. The fourth-order valence-electron chi connectivity index (χ4n) is 7.59. The first-order valence-corrected chi connectivity index (χ1v) is 18.3. The van der Waals surface area contributed by atoms with Crippen molar-refractivity contribution in [3.8, 4) is 22.4 Å². The highest BCUT2D eigenvalue weighted by atomic mass is 16.6. The van der Waals surface area contributed by atoms with E-state index in [1.54, 1.807) is 9.80 Å². The summed E-state index contributed by atoms with van der Waals surface area (Å²) in [6, 6.07) is 23.5. The Balaban J connectivity index is 1.02. The minimum Gasteiger partial charge on any atom is -0.444 e. The maximum atomic E-state index is 13.0. The number of nitrogens with zero attached hydrogens (tertiary/aromatic N) is 4. The molecule has 0 spiro atoms. The van der Waals surface area contributed by atoms with Crippen LogP contribution in [0.2, 0.25) is 0 Å². The van der Waals surface area contributed by atoms with Crippen LogP contribution < -0.4 is 0 Å². The van der Waals surface area contributed by atoms with Crippen LogP contribution in [0.1, 0.15) is 91.0 Å². The summed E-state index contributed by atoms with van der Waals surface area (Å²) in [6.07, 6.45) is 4.80. The number of rotatable bonds is 4. The average molecular weight is 699 g/mol. The summed E-state index contributed by atoms with van der Waals surface area (Å²) in [5.41, 5.74) is 5.02. The molecule has 52 heavy (non-hydrogen) atoms. The topological polar surface area (TPSA) is 116 Å². The van der Waals surface area contributed by atoms with Gasteiger partial charge in [0.2, 0.25) is 0 Å². The summed E-state index contributed by atoms with van der Waals surface area (Å²) in [4.78, 5) is 46.1. The number of nitrogens with one attached hydrogen (secondary N) is 2. The van der Waals surface area contributed by atoms with E-state index in [1.165, 1.54) is 0 Å². The normalized spacial score (nSPS) is 18.2. The number of H-pyrrole nitrogens is 2. The number of benzene rings is 4. The van der Waals surface area contributed by atoms with Crippen LogP contribution in [0.5, 0.6) is 0 Å². The summed E-state index contributed by atoms with van der Waals surface area (Å²) in [5.74, 6) is 1.59. The second-order valence-electron chi connectivity index (χ2n) is 16.1. The summed E-state index contributed by atoms with van der Waals surface area (Å²) in [7, 11) is 0. The predicted octanol–water partition coefficient (Wildman–Crippen LogP) is 10.1. The number of hydrogen-bond acceptors (Lipinski definition) is 6. The molecule has 2 fully saturated rings. The fourth-order valence-corrected chi connectivity index (χ4v) is 7.59. The number of carbonyl (C=O) groups is 2. The van der Waals surface area contributed by atoms with E-state index in [0.29, 0.717) is 13.1 Å². The Morgan fingerprint density at radius 3 is 1.85 bits per heavy atom. The first kappa shape index (κ1) is 33.7. The van der Waals surface area contributed by atoms with E-state index < -0.39 is 11.2 Å². The lowest BCUT2D eigenvalue weighted by molar-refractivity contribution is 0.0208. The third-order valence-electron chi connectivity index (χ3n) is 9.96. The maximum Gasteiger partial charge on any atom is 0.410 e. The molecule has 4 heterocycles. The Kier molecular flexibility index (Phi) is 8.23. The Morgan fingerprint density at radius 2 is 1.21 bits per heavy atom. The second-order valence-corrected chi connectivity index (χ2v) is 16.1. The molecule has 10 nitrogen and oxygen atoms in total. The number of aromatic nitrogens is 4. The molecule has 2 saturated heterocycles. The largest absolute Gasteiger partial charge is 0.444 e. The molecule has 0 aliphatic carbocycles. The van der Waals surface area contributed by atoms with Crippen LogP contribution in [0.25, 0.3) is 55.0 Å². The SMILES string of the molecule is CC(C)(C)OC(=O)N1CCC[C@H]1c1ncc(-c2ccc3cc(-c4ccc5c(ccc6nc([C@@H]7CCCN7C(=O)OC(C)(C)C)[nH]c65)c4)ccc3c2)[nH]1. The van der Waals surface area contributed by atoms with Gasteiger partial charge in [-0.05, 0) is 119 Å². The first-order chi connectivity index (χ1) is 24.8. The van der Waals surface area contributed by atoms with Crippen LogP contribution in [-0.4, -0.2) is 66.2 Å². The molecule has 4 aromatic carbocycles. The predicted molar refractivity (Wildman–Crippen MR) is 204 cm³/mol. The van der Waals surface area contributed by atoms with Gasteiger partial charge >= 0.3 is 12.2 Å². The van der Waals surface area contributed by atoms with Crippen molar-refractivity contribution >= 4 is 44.8 Å². The smallest absolute Gasteiger partial charge is 0.410 e. The lowest BCUT2D eigenvalue weighted by Crippen LogP contribution is -2.36. The molecule has 2 aromatic heterocycles. The molecule has 2 N–H and O–H groups in total. The summed E-state index contributed by atoms with van der Waals surface area (Å²) in [6.45, 7) is 12.7. The van der Waals surface area contributed by atoms with Gasteiger partial charge in [-0.3, -0.25) is 9.80 Å². The van der Waals surface area contributed by atoms with E-state index >= 15 is 0 Å². The summed E-state index contributed by atoms with van der Waals surface area (Å²) in [5, 5.41) is 4.49. The number of amides is 2. The van der Waals surface area contributed by atoms with Crippen LogP contribution in [0, 0.1) is 0 Å². The number of aromatic amines is 2. The van der Waals surface area contributed by atoms with Crippen molar-refractivity contribution in [2.24, 2.45) is 0 Å². The van der Waals surface area contributed by atoms with Crippen molar-refractivity contribution in [2.75, 3.05) is 13.1 Å². The number of carbonyl (C=O) groups excluding carboxylic acids is 2. The summed E-state index contributed by atoms with van der Waals surface area (Å²) >= 11 is 0. The molecule has 2 amide bonds. The van der Waals surface area contributed by atoms with Crippen LogP contribution in [-0.2, 0) is 9.47 Å². The summed E-state index contributed by atoms with van der Waals surface area (Å²) < 4.78 is 11.4. The maximum absolute atomic E-state index is 13.0. The number of fused-ring (bicyclic) bond motifs is 4. The van der Waals surface area contributed by atoms with Gasteiger partial charge in [0, 0.05) is 24.0 Å². The van der Waals surface area contributed by atoms with E-state index in [2.05, 4.69) is 76.7 Å². The van der Waals surface area contributed by atoms with Crippen molar-refractivity contribution in [3.05, 3.63) is 84.6 Å². The third kappa shape index (κ3) is 6.58. The lowest BCUT2D eigenvalue weighted by Gasteiger charge is -2.27. The molecule has 6 aromatic rings. The molecular formula is C42H46N6O4. The fraction of sp³-hybridized carbons (Fsp3) is 0.381. The minimum atomic E-state index is -0.546. The van der Waals surface area contributed by atoms with Gasteiger partial charge in [0.15, 0.2) is 0 Å². The van der Waals surface area contributed by atoms with Gasteiger partial charge in [0.25, 0.3) is 0 Å². The Hall–Kier alpha value is -5.38. The highest BCUT2D eigenvalue weighted by molar-refractivity contribution is 6.05. The molecule has 8 rings (SSSR count). The highest BCUT2D eigenvalue weighted by Gasteiger charge is 2.36. The second kappa shape index (κ2) is 12.7. The van der Waals surface area contributed by atoms with Gasteiger partial charge in [-0.1, -0.05) is 42.5 Å². The van der Waals surface area contributed by atoms with E-state index in [0.717, 1.165) is 92.3 Å². The van der Waals surface area contributed by atoms with E-state index in [-0.39, 0.29) is 24.3 Å². The standard InChI is InChI=1S/C42H46N6O4/c1-41(2,3)51-39(49)47-19-7-9-34(47)37-43-24-33(45-37)30-14-13-26-21-25(11-12-27(26)23-30)28-15-17-31-29(22-28)16-18-32-36(31)46-38(44-32)35-10-8-20-48(35)40(50)52-42(4,5)6/h11-18,21-24,34-35H,7-10,19-20H2,1-6H3,(H,43,45)(H,44,46)/t34-,35-/m0/s1. The molecule has 2 atom stereocenters. The van der Waals surface area contributed by atoms with Gasteiger partial charge < -0.3 is 19.4 Å². The monoisotopic (exact) mass is 698 g/mol. The van der Waals surface area contributed by atoms with Crippen LogP contribution in [0.15, 0.2) is 72.9 Å². The van der Waals surface area contributed by atoms with Gasteiger partial charge in [-0.25, -0.2) is 19.6 Å². The van der Waals surface area contributed by atoms with Crippen molar-refractivity contribution in [1.82, 2.24) is 29.7 Å². The van der Waals surface area contributed by atoms with E-state index in [4.69, 9.17) is 19.4 Å². The molecule has 0 radical (unpaired) electrons. The molecule has 268 valence electrons. The average Bonchev–Trinajstić information content (AvgIpc) is 3.91. The van der Waals surface area contributed by atoms with Gasteiger partial charge in [0.1, 0.15) is 22.9 Å². The van der Waals surface area contributed by atoms with Gasteiger partial charge in [-0.2, -0.15) is 0 Å². The number of ether oxygens (including phenoxy) is 2.